The number of allylic oxidation sites excluding steroid dienone is 9. The van der Waals surface area contributed by atoms with Gasteiger partial charge in [0, 0.05) is 46.3 Å². The number of nitrogens with two attached hydrogens (primary N) is 1. The second-order valence-corrected chi connectivity index (χ2v) is 15.8. The number of nitrogens with one attached hydrogen (secondary N) is 2. The summed E-state index contributed by atoms with van der Waals surface area (Å²) in [5.74, 6) is 5.20. The molecule has 0 amide bonds. The van der Waals surface area contributed by atoms with Crippen molar-refractivity contribution in [1.82, 2.24) is 15.2 Å². The van der Waals surface area contributed by atoms with Crippen LogP contribution in [0.4, 0.5) is 0 Å². The van der Waals surface area contributed by atoms with Gasteiger partial charge in [0.15, 0.2) is 0 Å². The van der Waals surface area contributed by atoms with Crippen LogP contribution in [0.2, 0.25) is 0 Å². The van der Waals surface area contributed by atoms with Crippen molar-refractivity contribution >= 4 is 27.6 Å². The number of hydrogen-bond acceptors (Lipinski definition) is 5. The van der Waals surface area contributed by atoms with E-state index < -0.39 is 0 Å². The largest absolute Gasteiger partial charge is 0.461 e. The van der Waals surface area contributed by atoms with E-state index >= 15 is 0 Å². The number of benzene rings is 2. The molecule has 272 valence electrons. The van der Waals surface area contributed by atoms with Gasteiger partial charge < -0.3 is 21.1 Å². The van der Waals surface area contributed by atoms with E-state index in [0.29, 0.717) is 23.7 Å². The van der Waals surface area contributed by atoms with Crippen LogP contribution in [0.1, 0.15) is 91.5 Å². The molecule has 0 spiro atoms. The Hall–Kier alpha value is -4.47. The van der Waals surface area contributed by atoms with E-state index in [1.165, 1.54) is 50.5 Å². The van der Waals surface area contributed by atoms with Gasteiger partial charge >= 0.3 is 0 Å². The van der Waals surface area contributed by atoms with Crippen molar-refractivity contribution in [3.8, 4) is 11.8 Å². The highest BCUT2D eigenvalue weighted by atomic mass is 16.5. The summed E-state index contributed by atoms with van der Waals surface area (Å²) in [7, 11) is 0. The Morgan fingerprint density at radius 2 is 1.98 bits per heavy atom. The predicted molar refractivity (Wildman–Crippen MR) is 216 cm³/mol. The maximum absolute atomic E-state index is 9.55. The van der Waals surface area contributed by atoms with Crippen molar-refractivity contribution in [3.63, 3.8) is 0 Å². The molecule has 6 heteroatoms. The van der Waals surface area contributed by atoms with E-state index in [9.17, 15) is 5.26 Å². The molecule has 0 saturated carbocycles. The summed E-state index contributed by atoms with van der Waals surface area (Å²) >= 11 is 0. The van der Waals surface area contributed by atoms with Crippen molar-refractivity contribution in [2.45, 2.75) is 92.0 Å². The highest BCUT2D eigenvalue weighted by Gasteiger charge is 2.42. The molecule has 6 unspecified atom stereocenters. The summed E-state index contributed by atoms with van der Waals surface area (Å²) < 4.78 is 9.53. The maximum atomic E-state index is 9.55. The minimum Gasteiger partial charge on any atom is -0.461 e. The summed E-state index contributed by atoms with van der Waals surface area (Å²) in [6, 6.07) is 15.9. The third kappa shape index (κ3) is 6.54. The molecule has 3 heterocycles. The Balaban J connectivity index is 1.30. The topological polar surface area (TPSA) is 88.0 Å². The quantitative estimate of drug-likeness (QED) is 0.197. The van der Waals surface area contributed by atoms with Gasteiger partial charge in [0.05, 0.1) is 17.1 Å². The number of rotatable bonds is 10. The van der Waals surface area contributed by atoms with Crippen LogP contribution >= 0.6 is 0 Å². The first-order valence-electron chi connectivity index (χ1n) is 19.8. The van der Waals surface area contributed by atoms with E-state index in [1.807, 2.05) is 6.20 Å². The molecule has 0 bridgehead atoms. The van der Waals surface area contributed by atoms with Crippen LogP contribution in [0.3, 0.4) is 0 Å². The second-order valence-electron chi connectivity index (χ2n) is 15.8. The fraction of sp³-hybridized carbons (Fsp3) is 0.457. The van der Waals surface area contributed by atoms with Crippen LogP contribution in [0, 0.1) is 40.9 Å². The molecular weight excluding hydrogens is 639 g/mol. The zero-order valence-corrected chi connectivity index (χ0v) is 32.0. The minimum atomic E-state index is 0.162. The van der Waals surface area contributed by atoms with Crippen LogP contribution in [0.25, 0.3) is 27.6 Å². The molecule has 1 aromatic heterocycles. The van der Waals surface area contributed by atoms with Gasteiger partial charge in [0.2, 0.25) is 0 Å². The van der Waals surface area contributed by atoms with Gasteiger partial charge in [-0.15, -0.1) is 0 Å². The molecular formula is C46H57N5O. The van der Waals surface area contributed by atoms with Gasteiger partial charge in [0.1, 0.15) is 17.3 Å². The first kappa shape index (κ1) is 35.9. The van der Waals surface area contributed by atoms with Crippen molar-refractivity contribution in [2.24, 2.45) is 35.3 Å². The van der Waals surface area contributed by atoms with Crippen LogP contribution in [-0.2, 0) is 0 Å². The lowest BCUT2D eigenvalue weighted by atomic mass is 9.73. The molecule has 52 heavy (non-hydrogen) atoms. The predicted octanol–water partition coefficient (Wildman–Crippen LogP) is 10.2. The minimum absolute atomic E-state index is 0.162. The number of para-hydroxylation sites is 1. The third-order valence-electron chi connectivity index (χ3n) is 12.4. The van der Waals surface area contributed by atoms with Crippen molar-refractivity contribution in [1.29, 1.82) is 5.26 Å². The standard InChI is InChI=1S/C46H57N5O/c1-7-13-32(28(3)4)23-44-50-27-39-38(26-49-40(8-2)33(25-48)22-37-29(5)20-31(24-47)21-30(37)6)35-15-10-12-17-42(35)52-43-19-18-36-34-14-9-11-16-41(34)51(44)46(36)45(39)43/h9,11,13-14,16-21,23,25,28-29,35,37-40,49-50H,7-8,10,12,15,22,26-27,48H2,1-6H3. The third-order valence-corrected chi connectivity index (χ3v) is 12.4. The van der Waals surface area contributed by atoms with Gasteiger partial charge in [-0.2, -0.15) is 5.26 Å². The Labute approximate surface area is 310 Å². The average Bonchev–Trinajstić information content (AvgIpc) is 3.29. The maximum Gasteiger partial charge on any atom is 0.132 e. The molecule has 0 fully saturated rings. The molecule has 2 aliphatic heterocycles. The van der Waals surface area contributed by atoms with E-state index in [0.717, 1.165) is 68.1 Å². The van der Waals surface area contributed by atoms with E-state index in [2.05, 4.69) is 130 Å². The molecule has 4 N–H and O–H groups in total. The van der Waals surface area contributed by atoms with Crippen molar-refractivity contribution in [2.75, 3.05) is 13.1 Å². The number of aromatic nitrogens is 1. The normalized spacial score (nSPS) is 26.1. The van der Waals surface area contributed by atoms with E-state index in [4.69, 9.17) is 10.5 Å². The van der Waals surface area contributed by atoms with Crippen LogP contribution in [0.5, 0.6) is 5.75 Å². The monoisotopic (exact) mass is 695 g/mol. The Morgan fingerprint density at radius 1 is 1.15 bits per heavy atom. The number of fused-ring (bicyclic) bond motifs is 4. The lowest BCUT2D eigenvalue weighted by molar-refractivity contribution is 0.227. The van der Waals surface area contributed by atoms with Crippen LogP contribution in [-0.4, -0.2) is 23.7 Å². The zero-order valence-electron chi connectivity index (χ0n) is 32.0. The summed E-state index contributed by atoms with van der Waals surface area (Å²) in [4.78, 5) is 0. The van der Waals surface area contributed by atoms with Gasteiger partial charge in [-0.3, -0.25) is 4.57 Å². The highest BCUT2D eigenvalue weighted by Crippen LogP contribution is 2.51. The smallest absolute Gasteiger partial charge is 0.132 e. The molecule has 3 aromatic rings. The number of hydrogen-bond donors (Lipinski definition) is 3. The van der Waals surface area contributed by atoms with Gasteiger partial charge in [-0.05, 0) is 129 Å². The second kappa shape index (κ2) is 15.2. The molecule has 0 saturated heterocycles. The fourth-order valence-corrected chi connectivity index (χ4v) is 9.63. The summed E-state index contributed by atoms with van der Waals surface area (Å²) in [5.41, 5.74) is 14.9. The number of nitrogens with zero attached hydrogens (tertiary/aromatic N) is 2. The Morgan fingerprint density at radius 3 is 2.71 bits per heavy atom. The molecule has 6 atom stereocenters. The van der Waals surface area contributed by atoms with E-state index in [1.54, 1.807) is 0 Å². The lowest BCUT2D eigenvalue weighted by Crippen LogP contribution is -2.42. The van der Waals surface area contributed by atoms with E-state index in [-0.39, 0.29) is 17.9 Å². The van der Waals surface area contributed by atoms with Gasteiger partial charge in [0.25, 0.3) is 0 Å². The van der Waals surface area contributed by atoms with Gasteiger partial charge in [-0.1, -0.05) is 70.5 Å². The molecule has 4 aliphatic rings. The SMILES string of the molecule is CCC=C(C=C1NCC2c3c(ccc4c5ccccc5n1c34)OC1=CCCCC1C2CNC(CC)C(=CN)CC1C(C)=CC(C#N)=CC1C)C(C)C. The average molecular weight is 696 g/mol. The molecule has 0 radical (unpaired) electrons. The van der Waals surface area contributed by atoms with Gasteiger partial charge in [-0.25, -0.2) is 0 Å². The molecule has 7 rings (SSSR count). The summed E-state index contributed by atoms with van der Waals surface area (Å²) in [6.45, 7) is 15.2. The first-order valence-corrected chi connectivity index (χ1v) is 19.8. The Bertz CT molecular complexity index is 2060. The van der Waals surface area contributed by atoms with Crippen molar-refractivity contribution in [3.05, 3.63) is 107 Å². The summed E-state index contributed by atoms with van der Waals surface area (Å²) in [6.07, 6.45) is 19.4. The summed E-state index contributed by atoms with van der Waals surface area (Å²) in [5, 5.41) is 20.3. The first-order chi connectivity index (χ1) is 25.3. The molecule has 6 nitrogen and oxygen atoms in total. The van der Waals surface area contributed by atoms with Crippen LogP contribution < -0.4 is 21.1 Å². The zero-order chi connectivity index (χ0) is 36.5. The Kier molecular flexibility index (Phi) is 10.5. The van der Waals surface area contributed by atoms with Crippen LogP contribution in [0.15, 0.2) is 101 Å². The van der Waals surface area contributed by atoms with Crippen molar-refractivity contribution < 1.29 is 4.74 Å². The lowest BCUT2D eigenvalue weighted by Gasteiger charge is -2.35. The molecule has 2 aromatic carbocycles. The molecule has 2 aliphatic carbocycles. The number of ether oxygens (including phenoxy) is 1. The fourth-order valence-electron chi connectivity index (χ4n) is 9.63. The highest BCUT2D eigenvalue weighted by molar-refractivity contribution is 6.12. The number of nitriles is 1.